The van der Waals surface area contributed by atoms with Gasteiger partial charge in [-0.05, 0) is 81.4 Å². The van der Waals surface area contributed by atoms with E-state index >= 15 is 0 Å². The first-order chi connectivity index (χ1) is 17.0. The maximum absolute atomic E-state index is 13.5. The van der Waals surface area contributed by atoms with Crippen molar-refractivity contribution >= 4 is 27.3 Å². The Bertz CT molecular complexity index is 1280. The Kier molecular flexibility index (Phi) is 6.49. The number of ketones is 1. The SMILES string of the molecule is CC(C)(O)c1cnc(NC(=O)[C@H](C[C@H]2CCC(=O)C2)c2ccc(S(=O)(=O)C3CC3)c(C3CC3)c2)cn1. The van der Waals surface area contributed by atoms with E-state index in [0.29, 0.717) is 42.7 Å². The van der Waals surface area contributed by atoms with Crippen LogP contribution >= 0.6 is 0 Å². The Labute approximate surface area is 211 Å². The average Bonchev–Trinajstić information content (AvgIpc) is 3.74. The second kappa shape index (κ2) is 9.34. The Morgan fingerprint density at radius 1 is 1.14 bits per heavy atom. The summed E-state index contributed by atoms with van der Waals surface area (Å²) in [5.74, 6) is 0.000281. The summed E-state index contributed by atoms with van der Waals surface area (Å²) in [6, 6.07) is 5.37. The second-order valence-corrected chi connectivity index (χ2v) is 13.3. The van der Waals surface area contributed by atoms with Gasteiger partial charge in [-0.25, -0.2) is 13.4 Å². The maximum atomic E-state index is 13.5. The van der Waals surface area contributed by atoms with Gasteiger partial charge in [-0.15, -0.1) is 0 Å². The predicted octanol–water partition coefficient (Wildman–Crippen LogP) is 4.00. The van der Waals surface area contributed by atoms with Crippen molar-refractivity contribution in [3.8, 4) is 0 Å². The minimum Gasteiger partial charge on any atom is -0.384 e. The third kappa shape index (κ3) is 5.37. The maximum Gasteiger partial charge on any atom is 0.233 e. The van der Waals surface area contributed by atoms with Crippen LogP contribution in [0.1, 0.15) is 93.9 Å². The molecule has 2 aromatic rings. The number of aliphatic hydroxyl groups is 1. The van der Waals surface area contributed by atoms with Gasteiger partial charge in [0.05, 0.1) is 34.2 Å². The van der Waals surface area contributed by atoms with Gasteiger partial charge in [0.2, 0.25) is 5.91 Å². The Morgan fingerprint density at radius 2 is 1.89 bits per heavy atom. The van der Waals surface area contributed by atoms with E-state index in [0.717, 1.165) is 30.4 Å². The van der Waals surface area contributed by atoms with Crippen molar-refractivity contribution in [1.29, 1.82) is 0 Å². The molecule has 0 unspecified atom stereocenters. The summed E-state index contributed by atoms with van der Waals surface area (Å²) in [6.07, 6.45) is 8.44. The summed E-state index contributed by atoms with van der Waals surface area (Å²) < 4.78 is 26.1. The van der Waals surface area contributed by atoms with Gasteiger partial charge in [0.1, 0.15) is 11.4 Å². The molecule has 3 saturated carbocycles. The first-order valence-corrected chi connectivity index (χ1v) is 14.3. The van der Waals surface area contributed by atoms with Gasteiger partial charge in [-0.1, -0.05) is 12.1 Å². The number of rotatable bonds is 9. The number of nitrogens with one attached hydrogen (secondary N) is 1. The third-order valence-electron chi connectivity index (χ3n) is 7.49. The predicted molar refractivity (Wildman–Crippen MR) is 134 cm³/mol. The largest absolute Gasteiger partial charge is 0.384 e. The van der Waals surface area contributed by atoms with Crippen molar-refractivity contribution < 1.29 is 23.1 Å². The minimum atomic E-state index is -3.34. The summed E-state index contributed by atoms with van der Waals surface area (Å²) in [7, 11) is -3.34. The van der Waals surface area contributed by atoms with E-state index in [4.69, 9.17) is 0 Å². The van der Waals surface area contributed by atoms with Gasteiger partial charge in [-0.3, -0.25) is 14.6 Å². The zero-order valence-electron chi connectivity index (χ0n) is 20.7. The number of carbonyl (C=O) groups is 2. The van der Waals surface area contributed by atoms with Crippen LogP contribution in [0, 0.1) is 5.92 Å². The number of amides is 1. The van der Waals surface area contributed by atoms with E-state index in [9.17, 15) is 23.1 Å². The number of Topliss-reactive ketones (excluding diaryl/α,β-unsaturated/α-hetero) is 1. The fourth-order valence-corrected chi connectivity index (χ4v) is 6.98. The van der Waals surface area contributed by atoms with Crippen LogP contribution in [0.15, 0.2) is 35.5 Å². The molecule has 1 aromatic heterocycles. The number of benzene rings is 1. The molecule has 0 spiro atoms. The smallest absolute Gasteiger partial charge is 0.233 e. The lowest BCUT2D eigenvalue weighted by molar-refractivity contribution is -0.119. The average molecular weight is 512 g/mol. The summed E-state index contributed by atoms with van der Waals surface area (Å²) in [5.41, 5.74) is 0.844. The van der Waals surface area contributed by atoms with E-state index in [-0.39, 0.29) is 34.6 Å². The Hall–Kier alpha value is -2.65. The molecule has 9 heteroatoms. The molecule has 3 fully saturated rings. The lowest BCUT2D eigenvalue weighted by atomic mass is 9.86. The Morgan fingerprint density at radius 3 is 2.44 bits per heavy atom. The van der Waals surface area contributed by atoms with Crippen molar-refractivity contribution in [3.05, 3.63) is 47.4 Å². The zero-order chi connectivity index (χ0) is 25.7. The lowest BCUT2D eigenvalue weighted by Crippen LogP contribution is -2.25. The minimum absolute atomic E-state index is 0.108. The molecule has 1 heterocycles. The summed E-state index contributed by atoms with van der Waals surface area (Å²) in [4.78, 5) is 34.3. The van der Waals surface area contributed by atoms with Crippen LogP contribution in [0.5, 0.6) is 0 Å². The van der Waals surface area contributed by atoms with Crippen LogP contribution in [0.25, 0.3) is 0 Å². The zero-order valence-corrected chi connectivity index (χ0v) is 21.6. The summed E-state index contributed by atoms with van der Waals surface area (Å²) in [5, 5.41) is 12.7. The number of hydrogen-bond donors (Lipinski definition) is 2. The van der Waals surface area contributed by atoms with E-state index in [1.165, 1.54) is 12.4 Å². The van der Waals surface area contributed by atoms with Crippen LogP contribution in [0.3, 0.4) is 0 Å². The molecule has 5 rings (SSSR count). The molecule has 8 nitrogen and oxygen atoms in total. The fraction of sp³-hybridized carbons (Fsp3) is 0.556. The molecule has 0 aliphatic heterocycles. The van der Waals surface area contributed by atoms with Gasteiger partial charge in [0.15, 0.2) is 15.7 Å². The first-order valence-electron chi connectivity index (χ1n) is 12.8. The molecule has 192 valence electrons. The van der Waals surface area contributed by atoms with Gasteiger partial charge >= 0.3 is 0 Å². The highest BCUT2D eigenvalue weighted by Gasteiger charge is 2.41. The van der Waals surface area contributed by atoms with Crippen molar-refractivity contribution in [3.63, 3.8) is 0 Å². The van der Waals surface area contributed by atoms with Crippen LogP contribution in [-0.4, -0.2) is 40.4 Å². The molecular formula is C27H33N3O5S. The van der Waals surface area contributed by atoms with Gasteiger partial charge in [0.25, 0.3) is 0 Å². The van der Waals surface area contributed by atoms with Crippen LogP contribution in [0.4, 0.5) is 5.82 Å². The monoisotopic (exact) mass is 511 g/mol. The topological polar surface area (TPSA) is 126 Å². The number of anilines is 1. The van der Waals surface area contributed by atoms with Crippen molar-refractivity contribution in [1.82, 2.24) is 9.97 Å². The highest BCUT2D eigenvalue weighted by molar-refractivity contribution is 7.92. The molecule has 1 amide bonds. The molecule has 3 aliphatic rings. The molecule has 1 aromatic carbocycles. The molecule has 0 saturated heterocycles. The van der Waals surface area contributed by atoms with E-state index in [1.807, 2.05) is 6.07 Å². The van der Waals surface area contributed by atoms with Crippen molar-refractivity contribution in [2.24, 2.45) is 5.92 Å². The molecule has 36 heavy (non-hydrogen) atoms. The quantitative estimate of drug-likeness (QED) is 0.521. The van der Waals surface area contributed by atoms with E-state index < -0.39 is 21.4 Å². The normalized spacial score (nSPS) is 21.4. The summed E-state index contributed by atoms with van der Waals surface area (Å²) >= 11 is 0. The number of nitrogens with zero attached hydrogens (tertiary/aromatic N) is 2. The standard InChI is InChI=1S/C27H33N3O5S/c1-27(2,33)24-14-29-25(15-28-24)30-26(32)22(12-16-3-7-19(31)11-16)18-6-10-23(21(13-18)17-4-5-17)36(34,35)20-8-9-20/h6,10,13-17,20,22,33H,3-5,7-9,11-12H2,1-2H3,(H,29,30,32)/t16-,22+/m0/s1. The molecule has 0 bridgehead atoms. The highest BCUT2D eigenvalue weighted by Crippen LogP contribution is 2.47. The number of sulfone groups is 1. The highest BCUT2D eigenvalue weighted by atomic mass is 32.2. The number of aromatic nitrogens is 2. The molecule has 0 radical (unpaired) electrons. The molecular weight excluding hydrogens is 478 g/mol. The summed E-state index contributed by atoms with van der Waals surface area (Å²) in [6.45, 7) is 3.22. The van der Waals surface area contributed by atoms with E-state index in [1.54, 1.807) is 26.0 Å². The van der Waals surface area contributed by atoms with Crippen molar-refractivity contribution in [2.45, 2.75) is 92.8 Å². The van der Waals surface area contributed by atoms with Crippen LogP contribution in [0.2, 0.25) is 0 Å². The second-order valence-electron chi connectivity index (χ2n) is 11.1. The van der Waals surface area contributed by atoms with Gasteiger partial charge < -0.3 is 10.4 Å². The molecule has 2 N–H and O–H groups in total. The van der Waals surface area contributed by atoms with Gasteiger partial charge in [-0.2, -0.15) is 0 Å². The van der Waals surface area contributed by atoms with Crippen LogP contribution in [-0.2, 0) is 25.0 Å². The molecule has 2 atom stereocenters. The van der Waals surface area contributed by atoms with E-state index in [2.05, 4.69) is 15.3 Å². The Balaban J connectivity index is 1.44. The first kappa shape index (κ1) is 25.0. The third-order valence-corrected chi connectivity index (χ3v) is 9.82. The van der Waals surface area contributed by atoms with Crippen molar-refractivity contribution in [2.75, 3.05) is 5.32 Å². The number of carbonyl (C=O) groups excluding carboxylic acids is 2. The lowest BCUT2D eigenvalue weighted by Gasteiger charge is -2.22. The fourth-order valence-electron chi connectivity index (χ4n) is 5.06. The number of hydrogen-bond acceptors (Lipinski definition) is 7. The molecule has 3 aliphatic carbocycles. The van der Waals surface area contributed by atoms with Crippen LogP contribution < -0.4 is 5.32 Å². The van der Waals surface area contributed by atoms with Gasteiger partial charge in [0, 0.05) is 12.8 Å².